The van der Waals surface area contributed by atoms with Crippen LogP contribution in [0.2, 0.25) is 0 Å². The van der Waals surface area contributed by atoms with Crippen LogP contribution in [0.25, 0.3) is 11.2 Å². The third-order valence-electron chi connectivity index (χ3n) is 6.62. The predicted molar refractivity (Wildman–Crippen MR) is 121 cm³/mol. The summed E-state index contributed by atoms with van der Waals surface area (Å²) >= 11 is 0. The van der Waals surface area contributed by atoms with Crippen molar-refractivity contribution < 1.29 is 9.53 Å². The van der Waals surface area contributed by atoms with Crippen molar-refractivity contribution in [1.29, 1.82) is 0 Å². The van der Waals surface area contributed by atoms with E-state index in [0.717, 1.165) is 19.4 Å². The van der Waals surface area contributed by atoms with E-state index in [4.69, 9.17) is 14.7 Å². The van der Waals surface area contributed by atoms with Crippen LogP contribution in [0.3, 0.4) is 0 Å². The Balaban J connectivity index is 1.31. The smallest absolute Gasteiger partial charge is 0.346 e. The van der Waals surface area contributed by atoms with Crippen molar-refractivity contribution in [2.24, 2.45) is 14.1 Å². The van der Waals surface area contributed by atoms with Crippen LogP contribution in [0.5, 0.6) is 5.88 Å². The number of ether oxygens (including phenoxy) is 1. The first-order chi connectivity index (χ1) is 16.5. The van der Waals surface area contributed by atoms with Crippen LogP contribution in [0.1, 0.15) is 12.8 Å². The maximum absolute atomic E-state index is 12.9. The van der Waals surface area contributed by atoms with E-state index in [1.165, 1.54) is 17.3 Å². The van der Waals surface area contributed by atoms with Crippen LogP contribution < -0.4 is 15.0 Å². The van der Waals surface area contributed by atoms with Gasteiger partial charge < -0.3 is 24.4 Å². The molecule has 1 spiro atoms. The highest BCUT2D eigenvalue weighted by Gasteiger charge is 2.52. The summed E-state index contributed by atoms with van der Waals surface area (Å²) in [6.45, 7) is 2.08. The average Bonchev–Trinajstić information content (AvgIpc) is 3.60. The number of amides is 1. The molecule has 176 valence electrons. The fourth-order valence-corrected chi connectivity index (χ4v) is 4.78. The number of aryl methyl sites for hydroxylation is 2. The van der Waals surface area contributed by atoms with Gasteiger partial charge in [0.2, 0.25) is 5.95 Å². The number of carbonyl (C=O) groups excluding carboxylic acids is 1. The molecule has 1 N–H and O–H groups in total. The number of rotatable bonds is 4. The van der Waals surface area contributed by atoms with E-state index in [1.807, 2.05) is 29.8 Å². The molecular formula is C20H24N12O2. The highest BCUT2D eigenvalue weighted by Crippen LogP contribution is 2.41. The van der Waals surface area contributed by atoms with Gasteiger partial charge in [0.15, 0.2) is 17.0 Å². The molecule has 14 nitrogen and oxygen atoms in total. The first-order valence-corrected chi connectivity index (χ1v) is 10.9. The van der Waals surface area contributed by atoms with Gasteiger partial charge in [0.25, 0.3) is 5.88 Å². The summed E-state index contributed by atoms with van der Waals surface area (Å²) < 4.78 is 10.2. The van der Waals surface area contributed by atoms with E-state index in [1.54, 1.807) is 18.1 Å². The lowest BCUT2D eigenvalue weighted by atomic mass is 9.84. The first-order valence-electron chi connectivity index (χ1n) is 10.9. The van der Waals surface area contributed by atoms with Crippen LogP contribution in [0.4, 0.5) is 22.2 Å². The number of nitrogens with zero attached hydrogens (tertiary/aromatic N) is 11. The van der Waals surface area contributed by atoms with Crippen LogP contribution >= 0.6 is 0 Å². The number of aromatic nitrogens is 9. The molecule has 0 radical (unpaired) electrons. The van der Waals surface area contributed by atoms with E-state index in [2.05, 4.69) is 30.4 Å². The van der Waals surface area contributed by atoms with Crippen LogP contribution in [0, 0.1) is 0 Å². The van der Waals surface area contributed by atoms with Crippen LogP contribution in [-0.4, -0.2) is 87.3 Å². The molecule has 1 unspecified atom stereocenters. The molecule has 6 rings (SSSR count). The summed E-state index contributed by atoms with van der Waals surface area (Å²) in [5.74, 6) is 1.61. The summed E-state index contributed by atoms with van der Waals surface area (Å²) in [6.07, 6.45) is 8.10. The van der Waals surface area contributed by atoms with Gasteiger partial charge >= 0.3 is 6.03 Å². The number of imidazole rings is 1. The van der Waals surface area contributed by atoms with Crippen molar-refractivity contribution in [2.45, 2.75) is 18.4 Å². The minimum absolute atomic E-state index is 0.153. The molecule has 0 aliphatic carbocycles. The summed E-state index contributed by atoms with van der Waals surface area (Å²) in [7, 11) is 5.30. The Morgan fingerprint density at radius 1 is 1.18 bits per heavy atom. The molecular weight excluding hydrogens is 440 g/mol. The summed E-state index contributed by atoms with van der Waals surface area (Å²) in [5.41, 5.74) is 1.79. The Kier molecular flexibility index (Phi) is 4.43. The average molecular weight is 464 g/mol. The lowest BCUT2D eigenvalue weighted by Crippen LogP contribution is -2.64. The molecule has 2 aliphatic rings. The number of hydrogen-bond acceptors (Lipinski definition) is 10. The Morgan fingerprint density at radius 2 is 2.03 bits per heavy atom. The maximum Gasteiger partial charge on any atom is 0.346 e. The zero-order valence-electron chi connectivity index (χ0n) is 19.1. The highest BCUT2D eigenvalue weighted by molar-refractivity contribution is 5.87. The third-order valence-corrected chi connectivity index (χ3v) is 6.62. The molecule has 0 aromatic carbocycles. The second kappa shape index (κ2) is 7.40. The van der Waals surface area contributed by atoms with Gasteiger partial charge in [0, 0.05) is 33.7 Å². The van der Waals surface area contributed by atoms with Crippen molar-refractivity contribution in [3.63, 3.8) is 0 Å². The van der Waals surface area contributed by atoms with Gasteiger partial charge in [-0.25, -0.2) is 14.8 Å². The fourth-order valence-electron chi connectivity index (χ4n) is 4.78. The minimum atomic E-state index is -0.256. The quantitative estimate of drug-likeness (QED) is 0.461. The van der Waals surface area contributed by atoms with E-state index in [9.17, 15) is 4.79 Å². The van der Waals surface area contributed by atoms with E-state index in [-0.39, 0.29) is 11.6 Å². The SMILES string of the molecule is COc1nn(C)cc1Nc1nc(N2CCC3(CCN3C(=O)n3cncn3)C2)nc2c1ncn2C. The third kappa shape index (κ3) is 3.05. The number of nitrogens with one attached hydrogen (secondary N) is 1. The van der Waals surface area contributed by atoms with Gasteiger partial charge in [-0.1, -0.05) is 0 Å². The lowest BCUT2D eigenvalue weighted by molar-refractivity contribution is 0.0399. The molecule has 0 bridgehead atoms. The van der Waals surface area contributed by atoms with Crippen molar-refractivity contribution in [3.8, 4) is 5.88 Å². The monoisotopic (exact) mass is 464 g/mol. The summed E-state index contributed by atoms with van der Waals surface area (Å²) in [6, 6.07) is -0.153. The zero-order valence-corrected chi connectivity index (χ0v) is 19.1. The molecule has 6 heterocycles. The standard InChI is InChI=1S/C20H24N12O2/c1-28-12-22-14-15(24-13-8-29(2)27-17(13)34-3)25-18(26-16(14)28)30-6-4-20(9-30)5-7-31(20)19(33)32-11-21-10-23-32/h8,10-12H,4-7,9H2,1-3H3,(H,24,25,26). The fraction of sp³-hybridized carbons (Fsp3) is 0.450. The lowest BCUT2D eigenvalue weighted by Gasteiger charge is -2.49. The minimum Gasteiger partial charge on any atom is -0.478 e. The molecule has 2 fully saturated rings. The summed E-state index contributed by atoms with van der Waals surface area (Å²) in [5, 5.41) is 11.6. The van der Waals surface area contributed by atoms with Gasteiger partial charge in [-0.05, 0) is 12.8 Å². The second-order valence-electron chi connectivity index (χ2n) is 8.67. The number of hydrogen-bond donors (Lipinski definition) is 1. The predicted octanol–water partition coefficient (Wildman–Crippen LogP) is 0.763. The molecule has 1 atom stereocenters. The van der Waals surface area contributed by atoms with Gasteiger partial charge in [0.05, 0.1) is 25.2 Å². The molecule has 14 heteroatoms. The van der Waals surface area contributed by atoms with Crippen LogP contribution in [0.15, 0.2) is 25.2 Å². The molecule has 2 aliphatic heterocycles. The van der Waals surface area contributed by atoms with Crippen LogP contribution in [-0.2, 0) is 14.1 Å². The molecule has 4 aromatic heterocycles. The van der Waals surface area contributed by atoms with Gasteiger partial charge in [-0.3, -0.25) is 4.68 Å². The van der Waals surface area contributed by atoms with Gasteiger partial charge in [-0.2, -0.15) is 19.7 Å². The van der Waals surface area contributed by atoms with Crippen molar-refractivity contribution >= 4 is 34.6 Å². The van der Waals surface area contributed by atoms with Crippen molar-refractivity contribution in [3.05, 3.63) is 25.2 Å². The Hall–Kier alpha value is -4.23. The van der Waals surface area contributed by atoms with Crippen molar-refractivity contribution in [2.75, 3.05) is 37.0 Å². The highest BCUT2D eigenvalue weighted by atomic mass is 16.5. The zero-order chi connectivity index (χ0) is 23.4. The first kappa shape index (κ1) is 20.4. The number of likely N-dealkylation sites (tertiary alicyclic amines) is 1. The maximum atomic E-state index is 12.9. The Bertz CT molecular complexity index is 1380. The molecule has 0 saturated carbocycles. The Labute approximate surface area is 194 Å². The summed E-state index contributed by atoms with van der Waals surface area (Å²) in [4.78, 5) is 34.9. The van der Waals surface area contributed by atoms with E-state index in [0.29, 0.717) is 47.6 Å². The molecule has 4 aromatic rings. The molecule has 34 heavy (non-hydrogen) atoms. The number of fused-ring (bicyclic) bond motifs is 1. The second-order valence-corrected chi connectivity index (χ2v) is 8.67. The van der Waals surface area contributed by atoms with Gasteiger partial charge in [-0.15, -0.1) is 5.10 Å². The normalized spacial score (nSPS) is 19.7. The number of carbonyl (C=O) groups is 1. The number of anilines is 3. The molecule has 1 amide bonds. The number of methoxy groups -OCH3 is 1. The van der Waals surface area contributed by atoms with Gasteiger partial charge in [0.1, 0.15) is 18.3 Å². The molecule has 2 saturated heterocycles. The largest absolute Gasteiger partial charge is 0.478 e. The van der Waals surface area contributed by atoms with Crippen molar-refractivity contribution in [1.82, 2.24) is 49.0 Å². The Morgan fingerprint density at radius 3 is 2.76 bits per heavy atom. The topological polar surface area (TPSA) is 137 Å². The van der Waals surface area contributed by atoms with E-state index < -0.39 is 0 Å². The van der Waals surface area contributed by atoms with E-state index >= 15 is 0 Å².